The molecule has 0 fully saturated rings. The van der Waals surface area contributed by atoms with E-state index in [9.17, 15) is 19.3 Å². The first-order valence-electron chi connectivity index (χ1n) is 4.03. The van der Waals surface area contributed by atoms with Crippen LogP contribution in [0.25, 0.3) is 10.9 Å². The highest BCUT2D eigenvalue weighted by molar-refractivity contribution is 5.88. The second-order valence-corrected chi connectivity index (χ2v) is 3.07. The van der Waals surface area contributed by atoms with Crippen molar-refractivity contribution in [2.45, 2.75) is 0 Å². The van der Waals surface area contributed by atoms with Crippen LogP contribution >= 0.6 is 0 Å². The lowest BCUT2D eigenvalue weighted by molar-refractivity contribution is -0.383. The molecular formula is C8H6FN3O3. The zero-order chi connectivity index (χ0) is 11.2. The number of hydrogen-bond acceptors (Lipinski definition) is 3. The monoisotopic (exact) mass is 211 g/mol. The summed E-state index contributed by atoms with van der Waals surface area (Å²) in [6, 6.07) is 0. The van der Waals surface area contributed by atoms with Crippen LogP contribution in [-0.4, -0.2) is 14.5 Å². The Balaban J connectivity index is 3.06. The second-order valence-electron chi connectivity index (χ2n) is 3.07. The Morgan fingerprint density at radius 1 is 1.60 bits per heavy atom. The highest BCUT2D eigenvalue weighted by atomic mass is 19.1. The third-order valence-electron chi connectivity index (χ3n) is 2.14. The molecule has 0 bridgehead atoms. The van der Waals surface area contributed by atoms with E-state index in [0.717, 1.165) is 12.4 Å². The molecule has 1 N–H and O–H groups in total. The van der Waals surface area contributed by atoms with Crippen LogP contribution in [0.3, 0.4) is 0 Å². The summed E-state index contributed by atoms with van der Waals surface area (Å²) in [7, 11) is 1.44. The Labute approximate surface area is 82.1 Å². The van der Waals surface area contributed by atoms with Crippen molar-refractivity contribution in [3.8, 4) is 0 Å². The first-order chi connectivity index (χ1) is 7.02. The number of nitrogens with one attached hydrogen (secondary N) is 1. The van der Waals surface area contributed by atoms with Crippen LogP contribution in [0.4, 0.5) is 10.1 Å². The zero-order valence-corrected chi connectivity index (χ0v) is 7.65. The molecule has 2 heterocycles. The van der Waals surface area contributed by atoms with Crippen LogP contribution < -0.4 is 5.56 Å². The fourth-order valence-electron chi connectivity index (χ4n) is 1.53. The van der Waals surface area contributed by atoms with Gasteiger partial charge in [0.25, 0.3) is 11.2 Å². The van der Waals surface area contributed by atoms with Crippen LogP contribution in [0.2, 0.25) is 0 Å². The smallest absolute Gasteiger partial charge is 0.300 e. The highest BCUT2D eigenvalue weighted by Gasteiger charge is 2.21. The molecule has 0 amide bonds. The topological polar surface area (TPSA) is 80.9 Å². The standard InChI is InChI=1S/C8H6FN3O3/c1-11-3-5(12(14)15)6-7(11)4(9)2-10-8(6)13/h2-3H,1H3,(H,10,13). The third-order valence-corrected chi connectivity index (χ3v) is 2.14. The van der Waals surface area contributed by atoms with Crippen LogP contribution in [0.15, 0.2) is 17.2 Å². The summed E-state index contributed by atoms with van der Waals surface area (Å²) < 4.78 is 14.5. The lowest BCUT2D eigenvalue weighted by Crippen LogP contribution is -2.07. The lowest BCUT2D eigenvalue weighted by Gasteiger charge is -1.94. The molecular weight excluding hydrogens is 205 g/mol. The number of rotatable bonds is 1. The van der Waals surface area contributed by atoms with Gasteiger partial charge in [0.2, 0.25) is 0 Å². The minimum absolute atomic E-state index is 0.0644. The number of pyridine rings is 1. The first kappa shape index (κ1) is 9.38. The summed E-state index contributed by atoms with van der Waals surface area (Å²) >= 11 is 0. The van der Waals surface area contributed by atoms with E-state index in [0.29, 0.717) is 0 Å². The fraction of sp³-hybridized carbons (Fsp3) is 0.125. The maximum Gasteiger partial charge on any atom is 0.300 e. The van der Waals surface area contributed by atoms with E-state index in [1.165, 1.54) is 11.6 Å². The van der Waals surface area contributed by atoms with Gasteiger partial charge in [0.15, 0.2) is 5.82 Å². The van der Waals surface area contributed by atoms with E-state index in [2.05, 4.69) is 4.98 Å². The Morgan fingerprint density at radius 2 is 2.27 bits per heavy atom. The van der Waals surface area contributed by atoms with Crippen molar-refractivity contribution in [1.29, 1.82) is 0 Å². The Bertz CT molecular complexity index is 613. The number of nitro groups is 1. The molecule has 0 aliphatic rings. The number of aryl methyl sites for hydroxylation is 1. The Hall–Kier alpha value is -2.18. The normalized spacial score (nSPS) is 10.8. The van der Waals surface area contributed by atoms with Crippen LogP contribution in [0.5, 0.6) is 0 Å². The van der Waals surface area contributed by atoms with Gasteiger partial charge in [-0.2, -0.15) is 0 Å². The van der Waals surface area contributed by atoms with Gasteiger partial charge in [-0.1, -0.05) is 0 Å². The number of hydrogen-bond donors (Lipinski definition) is 1. The predicted molar refractivity (Wildman–Crippen MR) is 50.2 cm³/mol. The average molecular weight is 211 g/mol. The van der Waals surface area contributed by atoms with E-state index in [4.69, 9.17) is 0 Å². The van der Waals surface area contributed by atoms with E-state index < -0.39 is 22.0 Å². The SMILES string of the molecule is Cn1cc([N+](=O)[O-])c2c(=O)[nH]cc(F)c21. The van der Waals surface area contributed by atoms with Crippen molar-refractivity contribution >= 4 is 16.6 Å². The molecule has 0 aromatic carbocycles. The molecule has 0 radical (unpaired) electrons. The Morgan fingerprint density at radius 3 is 2.87 bits per heavy atom. The second kappa shape index (κ2) is 2.91. The number of aromatic nitrogens is 2. The minimum atomic E-state index is -0.711. The molecule has 0 aliphatic heterocycles. The van der Waals surface area contributed by atoms with Gasteiger partial charge < -0.3 is 9.55 Å². The Kier molecular flexibility index (Phi) is 1.82. The van der Waals surface area contributed by atoms with Gasteiger partial charge in [-0.15, -0.1) is 0 Å². The summed E-state index contributed by atoms with van der Waals surface area (Å²) in [6.07, 6.45) is 2.00. The van der Waals surface area contributed by atoms with Gasteiger partial charge in [0.1, 0.15) is 5.39 Å². The molecule has 0 atom stereocenters. The molecule has 0 saturated carbocycles. The molecule has 0 unspecified atom stereocenters. The molecule has 2 aromatic heterocycles. The molecule has 7 heteroatoms. The average Bonchev–Trinajstić information content (AvgIpc) is 2.51. The van der Waals surface area contributed by atoms with E-state index in [-0.39, 0.29) is 10.9 Å². The molecule has 0 spiro atoms. The quantitative estimate of drug-likeness (QED) is 0.562. The van der Waals surface area contributed by atoms with Crippen molar-refractivity contribution in [3.05, 3.63) is 38.7 Å². The van der Waals surface area contributed by atoms with E-state index in [1.807, 2.05) is 0 Å². The molecule has 0 aliphatic carbocycles. The first-order valence-corrected chi connectivity index (χ1v) is 4.03. The van der Waals surface area contributed by atoms with Gasteiger partial charge in [-0.05, 0) is 0 Å². The maximum atomic E-state index is 13.3. The minimum Gasteiger partial charge on any atom is -0.342 e. The number of aromatic amines is 1. The number of H-pyrrole nitrogens is 1. The van der Waals surface area contributed by atoms with Gasteiger partial charge in [0, 0.05) is 13.2 Å². The third kappa shape index (κ3) is 1.20. The maximum absolute atomic E-state index is 13.3. The molecule has 78 valence electrons. The zero-order valence-electron chi connectivity index (χ0n) is 7.65. The number of halogens is 1. The van der Waals surface area contributed by atoms with Gasteiger partial charge in [-0.3, -0.25) is 14.9 Å². The van der Waals surface area contributed by atoms with Gasteiger partial charge in [0.05, 0.1) is 16.6 Å². The van der Waals surface area contributed by atoms with Gasteiger partial charge in [-0.25, -0.2) is 4.39 Å². The fourth-order valence-corrected chi connectivity index (χ4v) is 1.53. The molecule has 15 heavy (non-hydrogen) atoms. The van der Waals surface area contributed by atoms with Crippen molar-refractivity contribution in [2.24, 2.45) is 7.05 Å². The van der Waals surface area contributed by atoms with Crippen molar-refractivity contribution in [2.75, 3.05) is 0 Å². The summed E-state index contributed by atoms with van der Waals surface area (Å²) in [6.45, 7) is 0. The van der Waals surface area contributed by atoms with E-state index >= 15 is 0 Å². The van der Waals surface area contributed by atoms with Crippen LogP contribution in [-0.2, 0) is 7.05 Å². The number of nitrogens with zero attached hydrogens (tertiary/aromatic N) is 2. The summed E-state index contributed by atoms with van der Waals surface area (Å²) in [4.78, 5) is 23.3. The van der Waals surface area contributed by atoms with Crippen LogP contribution in [0, 0.1) is 15.9 Å². The number of fused-ring (bicyclic) bond motifs is 1. The summed E-state index contributed by atoms with van der Waals surface area (Å²) in [5, 5.41) is 10.4. The predicted octanol–water partition coefficient (Wildman–Crippen LogP) is 0.914. The highest BCUT2D eigenvalue weighted by Crippen LogP contribution is 2.24. The largest absolute Gasteiger partial charge is 0.342 e. The van der Waals surface area contributed by atoms with Crippen LogP contribution in [0.1, 0.15) is 0 Å². The van der Waals surface area contributed by atoms with Gasteiger partial charge >= 0.3 is 0 Å². The van der Waals surface area contributed by atoms with Crippen molar-refractivity contribution in [3.63, 3.8) is 0 Å². The molecule has 2 aromatic rings. The molecule has 0 saturated heterocycles. The van der Waals surface area contributed by atoms with Crippen molar-refractivity contribution < 1.29 is 9.31 Å². The molecule has 2 rings (SSSR count). The van der Waals surface area contributed by atoms with Crippen molar-refractivity contribution in [1.82, 2.24) is 9.55 Å². The summed E-state index contributed by atoms with van der Waals surface area (Å²) in [5.41, 5.74) is -1.13. The molecule has 6 nitrogen and oxygen atoms in total. The lowest BCUT2D eigenvalue weighted by atomic mass is 10.3. The van der Waals surface area contributed by atoms with E-state index in [1.54, 1.807) is 0 Å². The summed E-state index contributed by atoms with van der Waals surface area (Å²) in [5.74, 6) is -0.694.